The summed E-state index contributed by atoms with van der Waals surface area (Å²) in [6.07, 6.45) is 4.62. The zero-order valence-corrected chi connectivity index (χ0v) is 10.6. The highest BCUT2D eigenvalue weighted by molar-refractivity contribution is 5.28. The Hall–Kier alpha value is -1.81. The second-order valence-corrected chi connectivity index (χ2v) is 4.14. The Morgan fingerprint density at radius 1 is 1.33 bits per heavy atom. The maximum absolute atomic E-state index is 5.60. The Morgan fingerprint density at radius 3 is 3.06 bits per heavy atom. The van der Waals surface area contributed by atoms with Gasteiger partial charge in [-0.15, -0.1) is 0 Å². The standard InChI is InChI=1S/C14H19N3O/c1-2-8-18-13-5-3-4-12(9-13)10-15-11-14-16-6-7-17-14/h3-7,9,15H,2,8,10-11H2,1H3,(H,16,17). The van der Waals surface area contributed by atoms with Crippen molar-refractivity contribution in [1.82, 2.24) is 15.3 Å². The highest BCUT2D eigenvalue weighted by Crippen LogP contribution is 2.13. The molecule has 18 heavy (non-hydrogen) atoms. The monoisotopic (exact) mass is 245 g/mol. The van der Waals surface area contributed by atoms with Crippen LogP contribution in [0, 0.1) is 0 Å². The first kappa shape index (κ1) is 12.6. The van der Waals surface area contributed by atoms with E-state index in [0.717, 1.165) is 37.7 Å². The minimum atomic E-state index is 0.743. The molecule has 0 amide bonds. The van der Waals surface area contributed by atoms with E-state index in [9.17, 15) is 0 Å². The fourth-order valence-corrected chi connectivity index (χ4v) is 1.69. The normalized spacial score (nSPS) is 10.5. The van der Waals surface area contributed by atoms with Crippen molar-refractivity contribution >= 4 is 0 Å². The van der Waals surface area contributed by atoms with Crippen LogP contribution < -0.4 is 10.1 Å². The number of ether oxygens (including phenoxy) is 1. The van der Waals surface area contributed by atoms with Gasteiger partial charge in [0.1, 0.15) is 11.6 Å². The fourth-order valence-electron chi connectivity index (χ4n) is 1.69. The average molecular weight is 245 g/mol. The summed E-state index contributed by atoms with van der Waals surface area (Å²) in [6, 6.07) is 8.18. The van der Waals surface area contributed by atoms with Gasteiger partial charge in [0.15, 0.2) is 0 Å². The molecule has 96 valence electrons. The molecule has 2 aromatic rings. The van der Waals surface area contributed by atoms with Crippen molar-refractivity contribution in [1.29, 1.82) is 0 Å². The van der Waals surface area contributed by atoms with Crippen LogP contribution in [0.3, 0.4) is 0 Å². The van der Waals surface area contributed by atoms with E-state index in [1.54, 1.807) is 6.20 Å². The number of benzene rings is 1. The molecule has 0 saturated heterocycles. The summed E-state index contributed by atoms with van der Waals surface area (Å²) < 4.78 is 5.60. The molecule has 0 spiro atoms. The van der Waals surface area contributed by atoms with Crippen molar-refractivity contribution in [2.24, 2.45) is 0 Å². The lowest BCUT2D eigenvalue weighted by Crippen LogP contribution is -2.13. The predicted molar refractivity (Wildman–Crippen MR) is 71.4 cm³/mol. The first-order chi connectivity index (χ1) is 8.88. The van der Waals surface area contributed by atoms with Crippen LogP contribution in [0.5, 0.6) is 5.75 Å². The van der Waals surface area contributed by atoms with E-state index < -0.39 is 0 Å². The second kappa shape index (κ2) is 6.81. The number of H-pyrrole nitrogens is 1. The summed E-state index contributed by atoms with van der Waals surface area (Å²) in [4.78, 5) is 7.23. The Labute approximate surface area is 107 Å². The van der Waals surface area contributed by atoms with Crippen LogP contribution >= 0.6 is 0 Å². The zero-order chi connectivity index (χ0) is 12.6. The molecule has 0 unspecified atom stereocenters. The summed E-state index contributed by atoms with van der Waals surface area (Å²) in [5.74, 6) is 1.89. The van der Waals surface area contributed by atoms with Crippen LogP contribution in [0.15, 0.2) is 36.7 Å². The molecule has 0 bridgehead atoms. The van der Waals surface area contributed by atoms with Gasteiger partial charge >= 0.3 is 0 Å². The first-order valence-electron chi connectivity index (χ1n) is 6.29. The van der Waals surface area contributed by atoms with Crippen molar-refractivity contribution in [3.05, 3.63) is 48.0 Å². The Kier molecular flexibility index (Phi) is 4.78. The summed E-state index contributed by atoms with van der Waals surface area (Å²) in [7, 11) is 0. The molecular weight excluding hydrogens is 226 g/mol. The lowest BCUT2D eigenvalue weighted by atomic mass is 10.2. The van der Waals surface area contributed by atoms with Gasteiger partial charge in [-0.05, 0) is 24.1 Å². The van der Waals surface area contributed by atoms with Gasteiger partial charge in [0, 0.05) is 18.9 Å². The van der Waals surface area contributed by atoms with E-state index in [0.29, 0.717) is 0 Å². The Balaban J connectivity index is 1.81. The van der Waals surface area contributed by atoms with Gasteiger partial charge < -0.3 is 15.0 Å². The van der Waals surface area contributed by atoms with E-state index >= 15 is 0 Å². The van der Waals surface area contributed by atoms with Gasteiger partial charge in [-0.1, -0.05) is 19.1 Å². The lowest BCUT2D eigenvalue weighted by Gasteiger charge is -2.07. The van der Waals surface area contributed by atoms with E-state index in [1.807, 2.05) is 18.3 Å². The molecule has 0 fully saturated rings. The van der Waals surface area contributed by atoms with Gasteiger partial charge in [0.05, 0.1) is 13.2 Å². The highest BCUT2D eigenvalue weighted by Gasteiger charge is 1.98. The summed E-state index contributed by atoms with van der Waals surface area (Å²) in [5, 5.41) is 3.34. The van der Waals surface area contributed by atoms with Crippen molar-refractivity contribution in [3.8, 4) is 5.75 Å². The molecule has 0 aliphatic carbocycles. The number of nitrogens with one attached hydrogen (secondary N) is 2. The molecule has 1 aromatic heterocycles. The van der Waals surface area contributed by atoms with Gasteiger partial charge in [-0.25, -0.2) is 4.98 Å². The number of rotatable bonds is 7. The summed E-state index contributed by atoms with van der Waals surface area (Å²) in [6.45, 7) is 4.43. The average Bonchev–Trinajstić information content (AvgIpc) is 2.90. The first-order valence-corrected chi connectivity index (χ1v) is 6.29. The third-order valence-corrected chi connectivity index (χ3v) is 2.55. The van der Waals surface area contributed by atoms with Crippen LogP contribution in [0.4, 0.5) is 0 Å². The predicted octanol–water partition coefficient (Wildman–Crippen LogP) is 2.49. The molecule has 0 aliphatic heterocycles. The molecule has 0 radical (unpaired) electrons. The van der Waals surface area contributed by atoms with Crippen LogP contribution in [-0.4, -0.2) is 16.6 Å². The highest BCUT2D eigenvalue weighted by atomic mass is 16.5. The van der Waals surface area contributed by atoms with Crippen LogP contribution in [0.25, 0.3) is 0 Å². The Morgan fingerprint density at radius 2 is 2.28 bits per heavy atom. The number of aromatic nitrogens is 2. The number of imidazole rings is 1. The van der Waals surface area contributed by atoms with Crippen LogP contribution in [0.2, 0.25) is 0 Å². The van der Waals surface area contributed by atoms with Crippen LogP contribution in [0.1, 0.15) is 24.7 Å². The third-order valence-electron chi connectivity index (χ3n) is 2.55. The van der Waals surface area contributed by atoms with E-state index in [-0.39, 0.29) is 0 Å². The zero-order valence-electron chi connectivity index (χ0n) is 10.6. The Bertz CT molecular complexity index is 454. The maximum Gasteiger partial charge on any atom is 0.120 e. The molecular formula is C14H19N3O. The topological polar surface area (TPSA) is 49.9 Å². The third kappa shape index (κ3) is 3.89. The molecule has 1 heterocycles. The molecule has 1 aromatic carbocycles. The molecule has 0 aliphatic rings. The van der Waals surface area contributed by atoms with E-state index in [1.165, 1.54) is 5.56 Å². The lowest BCUT2D eigenvalue weighted by molar-refractivity contribution is 0.317. The number of hydrogen-bond donors (Lipinski definition) is 2. The minimum Gasteiger partial charge on any atom is -0.494 e. The maximum atomic E-state index is 5.60. The number of hydrogen-bond acceptors (Lipinski definition) is 3. The molecule has 0 saturated carbocycles. The quantitative estimate of drug-likeness (QED) is 0.788. The van der Waals surface area contributed by atoms with E-state index in [2.05, 4.69) is 34.3 Å². The number of aromatic amines is 1. The van der Waals surface area contributed by atoms with Crippen molar-refractivity contribution < 1.29 is 4.74 Å². The smallest absolute Gasteiger partial charge is 0.120 e. The molecule has 0 atom stereocenters. The van der Waals surface area contributed by atoms with Gasteiger partial charge in [0.25, 0.3) is 0 Å². The SMILES string of the molecule is CCCOc1cccc(CNCc2ncc[nH]2)c1. The molecule has 2 N–H and O–H groups in total. The van der Waals surface area contributed by atoms with Crippen molar-refractivity contribution in [2.75, 3.05) is 6.61 Å². The van der Waals surface area contributed by atoms with E-state index in [4.69, 9.17) is 4.74 Å². The molecule has 4 nitrogen and oxygen atoms in total. The number of nitrogens with zero attached hydrogens (tertiary/aromatic N) is 1. The van der Waals surface area contributed by atoms with Crippen molar-refractivity contribution in [2.45, 2.75) is 26.4 Å². The molecule has 2 rings (SSSR count). The van der Waals surface area contributed by atoms with Crippen molar-refractivity contribution in [3.63, 3.8) is 0 Å². The van der Waals surface area contributed by atoms with Gasteiger partial charge in [-0.3, -0.25) is 0 Å². The largest absolute Gasteiger partial charge is 0.494 e. The van der Waals surface area contributed by atoms with Gasteiger partial charge in [-0.2, -0.15) is 0 Å². The summed E-state index contributed by atoms with van der Waals surface area (Å²) in [5.41, 5.74) is 1.22. The summed E-state index contributed by atoms with van der Waals surface area (Å²) >= 11 is 0. The fraction of sp³-hybridized carbons (Fsp3) is 0.357. The van der Waals surface area contributed by atoms with Gasteiger partial charge in [0.2, 0.25) is 0 Å². The molecule has 4 heteroatoms. The minimum absolute atomic E-state index is 0.743. The second-order valence-electron chi connectivity index (χ2n) is 4.14. The van der Waals surface area contributed by atoms with Crippen LogP contribution in [-0.2, 0) is 13.1 Å².